The summed E-state index contributed by atoms with van der Waals surface area (Å²) >= 11 is 0. The Morgan fingerprint density at radius 3 is 2.62 bits per heavy atom. The highest BCUT2D eigenvalue weighted by atomic mass is 19.4. The SMILES string of the molecule is COCC(CC(=O)Cc1cc2c(cn1)C(c1ccnc(C)c1)=NC2)c1ccc(C(F)(F)F)cn1. The molecule has 9 heteroatoms. The van der Waals surface area contributed by atoms with E-state index in [0.717, 1.165) is 40.4 Å². The van der Waals surface area contributed by atoms with E-state index in [1.165, 1.54) is 13.2 Å². The Morgan fingerprint density at radius 1 is 1.12 bits per heavy atom. The van der Waals surface area contributed by atoms with Gasteiger partial charge >= 0.3 is 6.18 Å². The summed E-state index contributed by atoms with van der Waals surface area (Å²) in [5.74, 6) is -0.542. The second-order valence-electron chi connectivity index (χ2n) is 8.22. The summed E-state index contributed by atoms with van der Waals surface area (Å²) in [4.78, 5) is 30.0. The van der Waals surface area contributed by atoms with Gasteiger partial charge in [0.1, 0.15) is 5.78 Å². The summed E-state index contributed by atoms with van der Waals surface area (Å²) in [6.45, 7) is 2.60. The highest BCUT2D eigenvalue weighted by Gasteiger charge is 2.31. The maximum atomic E-state index is 12.8. The first-order valence-electron chi connectivity index (χ1n) is 10.7. The Morgan fingerprint density at radius 2 is 1.94 bits per heavy atom. The number of alkyl halides is 3. The van der Waals surface area contributed by atoms with Gasteiger partial charge in [0.25, 0.3) is 0 Å². The van der Waals surface area contributed by atoms with E-state index in [1.54, 1.807) is 12.4 Å². The molecule has 3 aromatic heterocycles. The van der Waals surface area contributed by atoms with E-state index in [1.807, 2.05) is 25.1 Å². The fourth-order valence-corrected chi connectivity index (χ4v) is 3.99. The molecule has 34 heavy (non-hydrogen) atoms. The first kappa shape index (κ1) is 23.7. The number of halogens is 3. The molecule has 0 bridgehead atoms. The van der Waals surface area contributed by atoms with Crippen molar-refractivity contribution < 1.29 is 22.7 Å². The number of carbonyl (C=O) groups excluding carboxylic acids is 1. The molecule has 4 rings (SSSR count). The highest BCUT2D eigenvalue weighted by Crippen LogP contribution is 2.30. The number of pyridine rings is 3. The molecule has 176 valence electrons. The van der Waals surface area contributed by atoms with Gasteiger partial charge in [-0.2, -0.15) is 13.2 Å². The van der Waals surface area contributed by atoms with Crippen LogP contribution in [0.25, 0.3) is 0 Å². The van der Waals surface area contributed by atoms with Gasteiger partial charge in [0.2, 0.25) is 0 Å². The van der Waals surface area contributed by atoms with E-state index in [2.05, 4.69) is 19.9 Å². The van der Waals surface area contributed by atoms with Gasteiger partial charge < -0.3 is 4.74 Å². The molecule has 1 unspecified atom stereocenters. The number of Topliss-reactive ketones (excluding diaryl/α,β-unsaturated/α-hetero) is 1. The van der Waals surface area contributed by atoms with E-state index < -0.39 is 17.7 Å². The Hall–Kier alpha value is -3.46. The number of ketones is 1. The smallest absolute Gasteiger partial charge is 0.384 e. The first-order chi connectivity index (χ1) is 16.2. The van der Waals surface area contributed by atoms with E-state index >= 15 is 0 Å². The molecule has 0 amide bonds. The summed E-state index contributed by atoms with van der Waals surface area (Å²) in [6, 6.07) is 8.03. The number of ether oxygens (including phenoxy) is 1. The molecule has 1 aliphatic rings. The van der Waals surface area contributed by atoms with Crippen molar-refractivity contribution in [2.24, 2.45) is 4.99 Å². The number of rotatable bonds is 8. The number of aliphatic imine (C=N–C) groups is 1. The molecule has 1 atom stereocenters. The summed E-state index contributed by atoms with van der Waals surface area (Å²) in [7, 11) is 1.48. The van der Waals surface area contributed by atoms with E-state index in [0.29, 0.717) is 17.9 Å². The first-order valence-corrected chi connectivity index (χ1v) is 10.7. The number of aromatic nitrogens is 3. The highest BCUT2D eigenvalue weighted by molar-refractivity contribution is 6.15. The minimum Gasteiger partial charge on any atom is -0.384 e. The zero-order valence-corrected chi connectivity index (χ0v) is 18.8. The number of hydrogen-bond acceptors (Lipinski definition) is 6. The average molecular weight is 468 g/mol. The van der Waals surface area contributed by atoms with Crippen LogP contribution in [0, 0.1) is 6.92 Å². The monoisotopic (exact) mass is 468 g/mol. The molecular weight excluding hydrogens is 445 g/mol. The predicted octanol–water partition coefficient (Wildman–Crippen LogP) is 4.48. The van der Waals surface area contributed by atoms with Gasteiger partial charge in [-0.15, -0.1) is 0 Å². The van der Waals surface area contributed by atoms with Gasteiger partial charge in [-0.1, -0.05) is 0 Å². The van der Waals surface area contributed by atoms with Crippen LogP contribution in [0.2, 0.25) is 0 Å². The van der Waals surface area contributed by atoms with E-state index in [-0.39, 0.29) is 25.2 Å². The van der Waals surface area contributed by atoms with Crippen LogP contribution in [0.4, 0.5) is 13.2 Å². The molecule has 0 saturated heterocycles. The fourth-order valence-electron chi connectivity index (χ4n) is 3.99. The van der Waals surface area contributed by atoms with Crippen LogP contribution < -0.4 is 0 Å². The third-order valence-electron chi connectivity index (χ3n) is 5.63. The number of nitrogens with zero attached hydrogens (tertiary/aromatic N) is 4. The third kappa shape index (κ3) is 5.36. The topological polar surface area (TPSA) is 77.3 Å². The molecule has 0 aliphatic carbocycles. The van der Waals surface area contributed by atoms with Crippen molar-refractivity contribution in [2.45, 2.75) is 38.4 Å². The van der Waals surface area contributed by atoms with Crippen molar-refractivity contribution in [3.63, 3.8) is 0 Å². The quantitative estimate of drug-likeness (QED) is 0.487. The fraction of sp³-hybridized carbons (Fsp3) is 0.320. The van der Waals surface area contributed by atoms with Crippen LogP contribution >= 0.6 is 0 Å². The second-order valence-corrected chi connectivity index (χ2v) is 8.22. The van der Waals surface area contributed by atoms with Crippen molar-refractivity contribution in [3.8, 4) is 0 Å². The van der Waals surface area contributed by atoms with Crippen molar-refractivity contribution >= 4 is 11.5 Å². The lowest BCUT2D eigenvalue weighted by Gasteiger charge is -2.16. The number of hydrogen-bond donors (Lipinski definition) is 0. The van der Waals surface area contributed by atoms with Crippen LogP contribution in [0.15, 0.2) is 53.9 Å². The normalized spacial score (nSPS) is 14.0. The van der Waals surface area contributed by atoms with Crippen molar-refractivity contribution in [1.82, 2.24) is 15.0 Å². The van der Waals surface area contributed by atoms with Gasteiger partial charge in [0.15, 0.2) is 0 Å². The number of methoxy groups -OCH3 is 1. The van der Waals surface area contributed by atoms with Gasteiger partial charge in [-0.3, -0.25) is 24.7 Å². The largest absolute Gasteiger partial charge is 0.417 e. The Labute approximate surface area is 195 Å². The molecular formula is C25H23F3N4O2. The minimum atomic E-state index is -4.46. The van der Waals surface area contributed by atoms with Gasteiger partial charge in [0, 0.05) is 72.7 Å². The zero-order chi connectivity index (χ0) is 24.3. The molecule has 0 fully saturated rings. The lowest BCUT2D eigenvalue weighted by Crippen LogP contribution is -2.16. The van der Waals surface area contributed by atoms with Crippen LogP contribution in [0.1, 0.15) is 51.7 Å². The van der Waals surface area contributed by atoms with Crippen molar-refractivity contribution in [2.75, 3.05) is 13.7 Å². The summed E-state index contributed by atoms with van der Waals surface area (Å²) in [6.07, 6.45) is 0.00157. The Bertz CT molecular complexity index is 1220. The van der Waals surface area contributed by atoms with Gasteiger partial charge in [0.05, 0.1) is 24.4 Å². The Kier molecular flexibility index (Phi) is 6.83. The molecule has 0 radical (unpaired) electrons. The molecule has 1 aliphatic heterocycles. The zero-order valence-electron chi connectivity index (χ0n) is 18.8. The molecule has 3 aromatic rings. The molecule has 0 N–H and O–H groups in total. The van der Waals surface area contributed by atoms with E-state index in [4.69, 9.17) is 4.74 Å². The maximum Gasteiger partial charge on any atom is 0.417 e. The van der Waals surface area contributed by atoms with Gasteiger partial charge in [-0.05, 0) is 42.8 Å². The molecule has 0 spiro atoms. The van der Waals surface area contributed by atoms with Gasteiger partial charge in [-0.25, -0.2) is 0 Å². The minimum absolute atomic E-state index is 0.0863. The summed E-state index contributed by atoms with van der Waals surface area (Å²) in [5.41, 5.74) is 4.86. The summed E-state index contributed by atoms with van der Waals surface area (Å²) in [5, 5.41) is 0. The van der Waals surface area contributed by atoms with Crippen LogP contribution in [-0.4, -0.2) is 40.2 Å². The van der Waals surface area contributed by atoms with Crippen LogP contribution in [0.3, 0.4) is 0 Å². The third-order valence-corrected chi connectivity index (χ3v) is 5.63. The lowest BCUT2D eigenvalue weighted by molar-refractivity contribution is -0.137. The second kappa shape index (κ2) is 9.80. The maximum absolute atomic E-state index is 12.8. The molecule has 6 nitrogen and oxygen atoms in total. The standard InChI is InChI=1S/C25H23F3N4O2/c1-15-7-16(5-6-29-15)24-22-13-30-20(8-17(22)11-32-24)10-21(33)9-18(14-34-2)23-4-3-19(12-31-23)25(26,27)28/h3-8,12-13,18H,9-11,14H2,1-2H3. The Balaban J connectivity index is 1.44. The van der Waals surface area contributed by atoms with E-state index in [9.17, 15) is 18.0 Å². The number of carbonyl (C=O) groups is 1. The molecule has 0 aromatic carbocycles. The number of aryl methyl sites for hydroxylation is 1. The molecule has 0 saturated carbocycles. The average Bonchev–Trinajstić information content (AvgIpc) is 3.21. The van der Waals surface area contributed by atoms with Crippen LogP contribution in [-0.2, 0) is 28.7 Å². The summed E-state index contributed by atoms with van der Waals surface area (Å²) < 4.78 is 43.6. The van der Waals surface area contributed by atoms with Crippen molar-refractivity contribution in [3.05, 3.63) is 88.3 Å². The predicted molar refractivity (Wildman–Crippen MR) is 120 cm³/mol. The molecule has 4 heterocycles. The number of fused-ring (bicyclic) bond motifs is 1. The van der Waals surface area contributed by atoms with Crippen molar-refractivity contribution in [1.29, 1.82) is 0 Å². The lowest BCUT2D eigenvalue weighted by atomic mass is 9.95. The van der Waals surface area contributed by atoms with Crippen LogP contribution in [0.5, 0.6) is 0 Å².